The number of piperazine rings is 1. The predicted octanol–water partition coefficient (Wildman–Crippen LogP) is 2.82. The van der Waals surface area contributed by atoms with Gasteiger partial charge in [-0.25, -0.2) is 9.97 Å². The lowest BCUT2D eigenvalue weighted by atomic mass is 10.2. The molecule has 3 heterocycles. The molecule has 0 N–H and O–H groups in total. The van der Waals surface area contributed by atoms with E-state index in [0.29, 0.717) is 5.92 Å². The van der Waals surface area contributed by atoms with Crippen LogP contribution in [-0.4, -0.2) is 46.2 Å². The van der Waals surface area contributed by atoms with Crippen molar-refractivity contribution in [2.75, 3.05) is 31.1 Å². The Balaban J connectivity index is 1.24. The van der Waals surface area contributed by atoms with Crippen LogP contribution in [0.3, 0.4) is 0 Å². The number of rotatable bonds is 4. The van der Waals surface area contributed by atoms with E-state index in [4.69, 9.17) is 4.52 Å². The van der Waals surface area contributed by atoms with Crippen LogP contribution in [0.5, 0.6) is 0 Å². The molecule has 128 valence electrons. The number of hydrogen-bond donors (Lipinski definition) is 0. The van der Waals surface area contributed by atoms with Crippen molar-refractivity contribution in [1.29, 1.82) is 0 Å². The van der Waals surface area contributed by atoms with Crippen LogP contribution in [0, 0.1) is 0 Å². The van der Waals surface area contributed by atoms with Gasteiger partial charge in [-0.05, 0) is 25.0 Å². The molecule has 0 bridgehead atoms. The SMILES string of the molecule is c1ccc2c(CN3CCN(c4cc(C5CC5)ncn4)CC3)noc2c1. The number of benzene rings is 1. The van der Waals surface area contributed by atoms with Crippen molar-refractivity contribution in [3.05, 3.63) is 48.0 Å². The van der Waals surface area contributed by atoms with E-state index in [-0.39, 0.29) is 0 Å². The summed E-state index contributed by atoms with van der Waals surface area (Å²) in [7, 11) is 0. The van der Waals surface area contributed by atoms with Gasteiger partial charge in [-0.1, -0.05) is 17.3 Å². The van der Waals surface area contributed by atoms with Crippen LogP contribution in [0.15, 0.2) is 41.2 Å². The molecule has 2 fully saturated rings. The highest BCUT2D eigenvalue weighted by molar-refractivity contribution is 5.79. The molecule has 0 spiro atoms. The summed E-state index contributed by atoms with van der Waals surface area (Å²) in [5.74, 6) is 1.74. The fraction of sp³-hybridized carbons (Fsp3) is 0.421. The van der Waals surface area contributed by atoms with Gasteiger partial charge < -0.3 is 9.42 Å². The topological polar surface area (TPSA) is 58.3 Å². The van der Waals surface area contributed by atoms with Crippen molar-refractivity contribution in [3.8, 4) is 0 Å². The smallest absolute Gasteiger partial charge is 0.167 e. The first-order chi connectivity index (χ1) is 12.4. The molecule has 1 saturated carbocycles. The van der Waals surface area contributed by atoms with Crippen LogP contribution >= 0.6 is 0 Å². The summed E-state index contributed by atoms with van der Waals surface area (Å²) >= 11 is 0. The molecular formula is C19H21N5O. The van der Waals surface area contributed by atoms with E-state index >= 15 is 0 Å². The number of fused-ring (bicyclic) bond motifs is 1. The average Bonchev–Trinajstić information content (AvgIpc) is 3.45. The van der Waals surface area contributed by atoms with Crippen molar-refractivity contribution in [2.45, 2.75) is 25.3 Å². The van der Waals surface area contributed by atoms with Crippen LogP contribution in [0.25, 0.3) is 11.0 Å². The van der Waals surface area contributed by atoms with Crippen molar-refractivity contribution in [2.24, 2.45) is 0 Å². The lowest BCUT2D eigenvalue weighted by Gasteiger charge is -2.35. The molecule has 2 aliphatic rings. The Morgan fingerprint density at radius 2 is 1.88 bits per heavy atom. The highest BCUT2D eigenvalue weighted by atomic mass is 16.5. The minimum Gasteiger partial charge on any atom is -0.356 e. The molecular weight excluding hydrogens is 314 g/mol. The van der Waals surface area contributed by atoms with E-state index in [1.54, 1.807) is 6.33 Å². The molecule has 5 rings (SSSR count). The van der Waals surface area contributed by atoms with Crippen LogP contribution in [0.4, 0.5) is 5.82 Å². The number of hydrogen-bond acceptors (Lipinski definition) is 6. The maximum absolute atomic E-state index is 5.42. The van der Waals surface area contributed by atoms with Gasteiger partial charge in [0.05, 0.1) is 0 Å². The standard InChI is InChI=1S/C19H21N5O/c1-2-4-18-15(3-1)17(22-25-18)12-23-7-9-24(10-8-23)19-11-16(14-5-6-14)20-13-21-19/h1-4,11,13-14H,5-10,12H2. The molecule has 6 heteroatoms. The monoisotopic (exact) mass is 335 g/mol. The van der Waals surface area contributed by atoms with Crippen LogP contribution in [0.2, 0.25) is 0 Å². The molecule has 3 aromatic rings. The molecule has 1 aliphatic carbocycles. The third-order valence-corrected chi connectivity index (χ3v) is 5.19. The van der Waals surface area contributed by atoms with Crippen LogP contribution in [-0.2, 0) is 6.54 Å². The van der Waals surface area contributed by atoms with Gasteiger partial charge in [0.2, 0.25) is 0 Å². The molecule has 1 aliphatic heterocycles. The minimum absolute atomic E-state index is 0.670. The van der Waals surface area contributed by atoms with Crippen molar-refractivity contribution >= 4 is 16.8 Å². The van der Waals surface area contributed by atoms with Gasteiger partial charge in [0.25, 0.3) is 0 Å². The maximum Gasteiger partial charge on any atom is 0.167 e. The first kappa shape index (κ1) is 14.8. The van der Waals surface area contributed by atoms with Crippen molar-refractivity contribution in [1.82, 2.24) is 20.0 Å². The lowest BCUT2D eigenvalue weighted by Crippen LogP contribution is -2.46. The largest absolute Gasteiger partial charge is 0.356 e. The summed E-state index contributed by atoms with van der Waals surface area (Å²) in [5.41, 5.74) is 3.10. The Morgan fingerprint density at radius 3 is 2.72 bits per heavy atom. The van der Waals surface area contributed by atoms with Gasteiger partial charge in [-0.15, -0.1) is 0 Å². The summed E-state index contributed by atoms with van der Waals surface area (Å²) in [4.78, 5) is 13.7. The van der Waals surface area contributed by atoms with E-state index in [1.807, 2.05) is 18.2 Å². The van der Waals surface area contributed by atoms with Crippen molar-refractivity contribution < 1.29 is 4.52 Å². The second kappa shape index (κ2) is 6.11. The van der Waals surface area contributed by atoms with E-state index in [0.717, 1.165) is 55.2 Å². The minimum atomic E-state index is 0.670. The Labute approximate surface area is 146 Å². The fourth-order valence-corrected chi connectivity index (χ4v) is 3.54. The maximum atomic E-state index is 5.42. The van der Waals surface area contributed by atoms with Crippen LogP contribution < -0.4 is 4.90 Å². The predicted molar refractivity (Wildman–Crippen MR) is 95.5 cm³/mol. The zero-order valence-electron chi connectivity index (χ0n) is 14.1. The second-order valence-corrected chi connectivity index (χ2v) is 6.96. The highest BCUT2D eigenvalue weighted by Gasteiger charge is 2.26. The number of para-hydroxylation sites is 1. The van der Waals surface area contributed by atoms with Gasteiger partial charge in [-0.2, -0.15) is 0 Å². The van der Waals surface area contributed by atoms with Crippen molar-refractivity contribution in [3.63, 3.8) is 0 Å². The zero-order chi connectivity index (χ0) is 16.6. The summed E-state index contributed by atoms with van der Waals surface area (Å²) in [5, 5.41) is 5.37. The highest BCUT2D eigenvalue weighted by Crippen LogP contribution is 2.39. The lowest BCUT2D eigenvalue weighted by molar-refractivity contribution is 0.243. The van der Waals surface area contributed by atoms with E-state index < -0.39 is 0 Å². The van der Waals surface area contributed by atoms with Gasteiger partial charge in [0, 0.05) is 55.8 Å². The van der Waals surface area contributed by atoms with Gasteiger partial charge in [0.1, 0.15) is 17.8 Å². The molecule has 2 aromatic heterocycles. The molecule has 1 saturated heterocycles. The average molecular weight is 335 g/mol. The summed E-state index contributed by atoms with van der Waals surface area (Å²) in [6, 6.07) is 10.2. The third kappa shape index (κ3) is 2.98. The Morgan fingerprint density at radius 1 is 1.04 bits per heavy atom. The second-order valence-electron chi connectivity index (χ2n) is 6.96. The first-order valence-corrected chi connectivity index (χ1v) is 8.99. The number of anilines is 1. The third-order valence-electron chi connectivity index (χ3n) is 5.19. The quantitative estimate of drug-likeness (QED) is 0.731. The molecule has 0 unspecified atom stereocenters. The van der Waals surface area contributed by atoms with Gasteiger partial charge in [0.15, 0.2) is 5.58 Å². The van der Waals surface area contributed by atoms with E-state index in [2.05, 4.69) is 37.1 Å². The van der Waals surface area contributed by atoms with Gasteiger partial charge in [-0.3, -0.25) is 4.90 Å². The number of nitrogens with zero attached hydrogens (tertiary/aromatic N) is 5. The molecule has 0 radical (unpaired) electrons. The summed E-state index contributed by atoms with van der Waals surface area (Å²) in [6.45, 7) is 4.81. The summed E-state index contributed by atoms with van der Waals surface area (Å²) in [6.07, 6.45) is 4.27. The molecule has 6 nitrogen and oxygen atoms in total. The zero-order valence-corrected chi connectivity index (χ0v) is 14.1. The fourth-order valence-electron chi connectivity index (χ4n) is 3.54. The normalized spacial score (nSPS) is 18.8. The van der Waals surface area contributed by atoms with Crippen LogP contribution in [0.1, 0.15) is 30.1 Å². The van der Waals surface area contributed by atoms with E-state index in [1.165, 1.54) is 18.5 Å². The molecule has 1 aromatic carbocycles. The number of aromatic nitrogens is 3. The van der Waals surface area contributed by atoms with Gasteiger partial charge >= 0.3 is 0 Å². The Hall–Kier alpha value is -2.47. The summed E-state index contributed by atoms with van der Waals surface area (Å²) < 4.78 is 5.42. The molecule has 25 heavy (non-hydrogen) atoms. The van der Waals surface area contributed by atoms with E-state index in [9.17, 15) is 0 Å². The molecule has 0 atom stereocenters. The Kier molecular flexibility index (Phi) is 3.63. The molecule has 0 amide bonds. The Bertz CT molecular complexity index is 880. The first-order valence-electron chi connectivity index (χ1n) is 8.99.